The van der Waals surface area contributed by atoms with Gasteiger partial charge in [-0.2, -0.15) is 0 Å². The number of nitrogens with zero attached hydrogens (tertiary/aromatic N) is 1. The van der Waals surface area contributed by atoms with Crippen LogP contribution >= 0.6 is 0 Å². The molecule has 6 nitrogen and oxygen atoms in total. The van der Waals surface area contributed by atoms with E-state index in [0.29, 0.717) is 30.7 Å². The summed E-state index contributed by atoms with van der Waals surface area (Å²) in [5.74, 6) is -0.106. The Hall–Kier alpha value is -1.70. The average Bonchev–Trinajstić information content (AvgIpc) is 2.91. The molecule has 2 heterocycles. The molecule has 2 aliphatic rings. The van der Waals surface area contributed by atoms with E-state index in [2.05, 4.69) is 16.6 Å². The van der Waals surface area contributed by atoms with Crippen molar-refractivity contribution in [3.05, 3.63) is 42.5 Å². The van der Waals surface area contributed by atoms with E-state index in [-0.39, 0.29) is 17.3 Å². The molecule has 130 valence electrons. The minimum Gasteiger partial charge on any atom is -0.337 e. The number of sulfonamides is 1. The van der Waals surface area contributed by atoms with Gasteiger partial charge in [0.15, 0.2) is 0 Å². The predicted molar refractivity (Wildman–Crippen MR) is 92.3 cm³/mol. The molecule has 1 aromatic rings. The van der Waals surface area contributed by atoms with Crippen molar-refractivity contribution in [3.8, 4) is 0 Å². The van der Waals surface area contributed by atoms with Gasteiger partial charge in [0.2, 0.25) is 10.0 Å². The molecule has 7 heteroatoms. The lowest BCUT2D eigenvalue weighted by Crippen LogP contribution is -2.39. The Morgan fingerprint density at radius 1 is 1.33 bits per heavy atom. The van der Waals surface area contributed by atoms with Crippen LogP contribution in [0.5, 0.6) is 0 Å². The molecule has 2 saturated heterocycles. The van der Waals surface area contributed by atoms with E-state index < -0.39 is 10.0 Å². The fourth-order valence-electron chi connectivity index (χ4n) is 3.36. The van der Waals surface area contributed by atoms with Crippen LogP contribution in [0.25, 0.3) is 0 Å². The van der Waals surface area contributed by atoms with E-state index in [1.807, 2.05) is 4.90 Å². The monoisotopic (exact) mass is 349 g/mol. The van der Waals surface area contributed by atoms with Crippen LogP contribution in [0.15, 0.2) is 41.8 Å². The summed E-state index contributed by atoms with van der Waals surface area (Å²) in [6.07, 6.45) is 4.69. The molecular formula is C17H23N3O3S. The number of carbonyl (C=O) groups is 1. The Kier molecular flexibility index (Phi) is 5.03. The van der Waals surface area contributed by atoms with Gasteiger partial charge in [-0.15, -0.1) is 6.58 Å². The Morgan fingerprint density at radius 3 is 2.92 bits per heavy atom. The van der Waals surface area contributed by atoms with Crippen molar-refractivity contribution in [1.82, 2.24) is 14.9 Å². The highest BCUT2D eigenvalue weighted by Gasteiger charge is 2.31. The molecule has 2 unspecified atom stereocenters. The number of nitrogens with one attached hydrogen (secondary N) is 2. The molecule has 0 saturated carbocycles. The topological polar surface area (TPSA) is 78.5 Å². The van der Waals surface area contributed by atoms with E-state index >= 15 is 0 Å². The summed E-state index contributed by atoms with van der Waals surface area (Å²) < 4.78 is 26.8. The Morgan fingerprint density at radius 2 is 2.12 bits per heavy atom. The van der Waals surface area contributed by atoms with E-state index in [0.717, 1.165) is 12.8 Å². The highest BCUT2D eigenvalue weighted by Crippen LogP contribution is 2.22. The van der Waals surface area contributed by atoms with Crippen LogP contribution in [0.1, 0.15) is 29.6 Å². The zero-order chi connectivity index (χ0) is 17.2. The molecule has 2 bridgehead atoms. The second-order valence-corrected chi connectivity index (χ2v) is 8.11. The van der Waals surface area contributed by atoms with Crippen LogP contribution in [0.2, 0.25) is 0 Å². The summed E-state index contributed by atoms with van der Waals surface area (Å²) in [4.78, 5) is 14.7. The summed E-state index contributed by atoms with van der Waals surface area (Å²) in [6, 6.07) is 7.08. The van der Waals surface area contributed by atoms with Gasteiger partial charge in [0.05, 0.1) is 4.90 Å². The molecule has 3 rings (SSSR count). The van der Waals surface area contributed by atoms with Gasteiger partial charge in [-0.1, -0.05) is 12.1 Å². The number of hydrogen-bond acceptors (Lipinski definition) is 4. The molecule has 0 aliphatic carbocycles. The number of rotatable bonds is 5. The molecule has 2 aliphatic heterocycles. The van der Waals surface area contributed by atoms with Crippen LogP contribution in [0, 0.1) is 0 Å². The first kappa shape index (κ1) is 17.1. The van der Waals surface area contributed by atoms with Gasteiger partial charge in [-0.3, -0.25) is 4.79 Å². The van der Waals surface area contributed by atoms with Crippen molar-refractivity contribution < 1.29 is 13.2 Å². The van der Waals surface area contributed by atoms with Gasteiger partial charge in [-0.05, 0) is 37.5 Å². The molecular weight excluding hydrogens is 326 g/mol. The fraction of sp³-hybridized carbons (Fsp3) is 0.471. The van der Waals surface area contributed by atoms with Gasteiger partial charge >= 0.3 is 0 Å². The maximum absolute atomic E-state index is 12.8. The standard InChI is InChI=1S/C17H23N3O3S/c1-2-9-18-24(22,23)16-5-3-4-13(11-16)17(21)20-10-8-14-6-7-15(12-20)19-14/h2-5,11,14-15,18-19H,1,6-10,12H2. The maximum Gasteiger partial charge on any atom is 0.253 e. The number of benzene rings is 1. The van der Waals surface area contributed by atoms with Gasteiger partial charge in [0.1, 0.15) is 0 Å². The molecule has 2 fully saturated rings. The van der Waals surface area contributed by atoms with Crippen LogP contribution in [0.4, 0.5) is 0 Å². The molecule has 2 atom stereocenters. The lowest BCUT2D eigenvalue weighted by atomic mass is 10.1. The van der Waals surface area contributed by atoms with E-state index in [1.54, 1.807) is 12.1 Å². The third kappa shape index (κ3) is 3.68. The minimum atomic E-state index is -3.63. The second kappa shape index (κ2) is 7.04. The van der Waals surface area contributed by atoms with E-state index in [1.165, 1.54) is 24.6 Å². The Labute approximate surface area is 143 Å². The SMILES string of the molecule is C=CCNS(=O)(=O)c1cccc(C(=O)N2CCC3CCC(C2)N3)c1. The minimum absolute atomic E-state index is 0.102. The summed E-state index contributed by atoms with van der Waals surface area (Å²) in [7, 11) is -3.63. The molecule has 0 radical (unpaired) electrons. The van der Waals surface area contributed by atoms with Crippen molar-refractivity contribution >= 4 is 15.9 Å². The summed E-state index contributed by atoms with van der Waals surface area (Å²) in [5.41, 5.74) is 0.411. The maximum atomic E-state index is 12.8. The zero-order valence-electron chi connectivity index (χ0n) is 13.6. The lowest BCUT2D eigenvalue weighted by Gasteiger charge is -2.24. The largest absolute Gasteiger partial charge is 0.337 e. The Bertz CT molecular complexity index is 732. The predicted octanol–water partition coefficient (Wildman–Crippen LogP) is 1.12. The van der Waals surface area contributed by atoms with Crippen molar-refractivity contribution in [2.75, 3.05) is 19.6 Å². The average molecular weight is 349 g/mol. The highest BCUT2D eigenvalue weighted by atomic mass is 32.2. The normalized spacial score (nSPS) is 23.8. The van der Waals surface area contributed by atoms with Crippen LogP contribution < -0.4 is 10.0 Å². The van der Waals surface area contributed by atoms with E-state index in [9.17, 15) is 13.2 Å². The first-order valence-corrected chi connectivity index (χ1v) is 9.74. The molecule has 0 aromatic heterocycles. The third-order valence-corrected chi connectivity index (χ3v) is 6.04. The summed E-state index contributed by atoms with van der Waals surface area (Å²) in [6.45, 7) is 5.04. The molecule has 2 N–H and O–H groups in total. The third-order valence-electron chi connectivity index (χ3n) is 4.62. The molecule has 1 aromatic carbocycles. The van der Waals surface area contributed by atoms with Gasteiger partial charge in [0.25, 0.3) is 5.91 Å². The molecule has 24 heavy (non-hydrogen) atoms. The quantitative estimate of drug-likeness (QED) is 0.781. The first-order valence-electron chi connectivity index (χ1n) is 8.25. The van der Waals surface area contributed by atoms with Crippen molar-refractivity contribution in [3.63, 3.8) is 0 Å². The number of likely N-dealkylation sites (tertiary alicyclic amines) is 1. The summed E-state index contributed by atoms with van der Waals surface area (Å²) in [5, 5.41) is 3.54. The first-order chi connectivity index (χ1) is 11.5. The molecule has 0 spiro atoms. The number of amides is 1. The second-order valence-electron chi connectivity index (χ2n) is 6.35. The molecule has 1 amide bonds. The van der Waals surface area contributed by atoms with E-state index in [4.69, 9.17) is 0 Å². The van der Waals surface area contributed by atoms with Crippen LogP contribution in [-0.2, 0) is 10.0 Å². The van der Waals surface area contributed by atoms with Gasteiger partial charge < -0.3 is 10.2 Å². The fourth-order valence-corrected chi connectivity index (χ4v) is 4.40. The summed E-state index contributed by atoms with van der Waals surface area (Å²) >= 11 is 0. The number of carbonyl (C=O) groups excluding carboxylic acids is 1. The van der Waals surface area contributed by atoms with Crippen molar-refractivity contribution in [2.45, 2.75) is 36.2 Å². The van der Waals surface area contributed by atoms with Crippen molar-refractivity contribution in [1.29, 1.82) is 0 Å². The highest BCUT2D eigenvalue weighted by molar-refractivity contribution is 7.89. The number of hydrogen-bond donors (Lipinski definition) is 2. The van der Waals surface area contributed by atoms with Gasteiger partial charge in [0, 0.05) is 37.3 Å². The smallest absolute Gasteiger partial charge is 0.253 e. The van der Waals surface area contributed by atoms with Gasteiger partial charge in [-0.25, -0.2) is 13.1 Å². The Balaban J connectivity index is 1.78. The lowest BCUT2D eigenvalue weighted by molar-refractivity contribution is 0.0748. The van der Waals surface area contributed by atoms with Crippen LogP contribution in [0.3, 0.4) is 0 Å². The zero-order valence-corrected chi connectivity index (χ0v) is 14.4. The van der Waals surface area contributed by atoms with Crippen molar-refractivity contribution in [2.24, 2.45) is 0 Å². The number of fused-ring (bicyclic) bond motifs is 2. The van der Waals surface area contributed by atoms with Crippen LogP contribution in [-0.4, -0.2) is 50.9 Å².